The second-order valence-electron chi connectivity index (χ2n) is 9.01. The van der Waals surface area contributed by atoms with Gasteiger partial charge in [-0.2, -0.15) is 0 Å². The topological polar surface area (TPSA) is 78.0 Å². The number of carbonyl (C=O) groups is 1. The Morgan fingerprint density at radius 2 is 1.71 bits per heavy atom. The van der Waals surface area contributed by atoms with Gasteiger partial charge in [-0.15, -0.1) is 24.0 Å². The number of nitrogens with zero attached hydrogens (tertiary/aromatic N) is 2. The summed E-state index contributed by atoms with van der Waals surface area (Å²) in [6, 6.07) is 8.84. The first-order valence-electron chi connectivity index (χ1n) is 10.9. The summed E-state index contributed by atoms with van der Waals surface area (Å²) in [6.45, 7) is 13.0. The molecular formula is C23H40IN5O2. The normalized spacial score (nSPS) is 15.7. The summed E-state index contributed by atoms with van der Waals surface area (Å²) < 4.78 is 5.22. The Balaban J connectivity index is 0.00000480. The molecule has 8 heteroatoms. The zero-order valence-electron chi connectivity index (χ0n) is 19.7. The van der Waals surface area contributed by atoms with Crippen LogP contribution in [-0.4, -0.2) is 62.3 Å². The molecule has 7 nitrogen and oxygen atoms in total. The number of rotatable bonds is 7. The molecule has 0 aliphatic carbocycles. The predicted molar refractivity (Wildman–Crippen MR) is 138 cm³/mol. The van der Waals surface area contributed by atoms with Crippen molar-refractivity contribution in [2.45, 2.75) is 52.7 Å². The molecule has 0 radical (unpaired) electrons. The van der Waals surface area contributed by atoms with Gasteiger partial charge in [0.05, 0.1) is 0 Å². The Morgan fingerprint density at radius 1 is 1.10 bits per heavy atom. The Labute approximate surface area is 204 Å². The van der Waals surface area contributed by atoms with Crippen molar-refractivity contribution >= 4 is 36.0 Å². The van der Waals surface area contributed by atoms with Gasteiger partial charge in [-0.3, -0.25) is 9.89 Å². The van der Waals surface area contributed by atoms with Crippen LogP contribution in [0.1, 0.15) is 44.7 Å². The van der Waals surface area contributed by atoms with Gasteiger partial charge in [0, 0.05) is 33.2 Å². The SMILES string of the molecule is CN=C(NCCNC(=O)OC(C)(C)C)NCC1CCN(Cc2ccc(C)cc2)CC1.I. The summed E-state index contributed by atoms with van der Waals surface area (Å²) in [4.78, 5) is 18.5. The summed E-state index contributed by atoms with van der Waals surface area (Å²) in [5, 5.41) is 9.38. The molecule has 0 spiro atoms. The largest absolute Gasteiger partial charge is 0.444 e. The van der Waals surface area contributed by atoms with Gasteiger partial charge in [0.2, 0.25) is 0 Å². The average Bonchev–Trinajstić information content (AvgIpc) is 2.69. The highest BCUT2D eigenvalue weighted by Crippen LogP contribution is 2.18. The molecule has 1 aliphatic rings. The molecule has 0 aromatic heterocycles. The molecule has 176 valence electrons. The molecule has 1 amide bonds. The Kier molecular flexibility index (Phi) is 12.2. The maximum atomic E-state index is 11.7. The number of benzene rings is 1. The van der Waals surface area contributed by atoms with E-state index in [4.69, 9.17) is 4.74 Å². The number of alkyl carbamates (subject to hydrolysis) is 1. The summed E-state index contributed by atoms with van der Waals surface area (Å²) >= 11 is 0. The lowest BCUT2D eigenvalue weighted by Gasteiger charge is -2.32. The Hall–Kier alpha value is -1.55. The molecule has 1 aromatic rings. The van der Waals surface area contributed by atoms with Crippen LogP contribution in [0, 0.1) is 12.8 Å². The van der Waals surface area contributed by atoms with E-state index < -0.39 is 11.7 Å². The van der Waals surface area contributed by atoms with Gasteiger partial charge in [-0.05, 0) is 65.1 Å². The average molecular weight is 546 g/mol. The smallest absolute Gasteiger partial charge is 0.407 e. The van der Waals surface area contributed by atoms with Gasteiger partial charge in [0.1, 0.15) is 5.60 Å². The van der Waals surface area contributed by atoms with Crippen molar-refractivity contribution in [2.24, 2.45) is 10.9 Å². The number of amides is 1. The molecule has 0 atom stereocenters. The number of carbonyl (C=O) groups excluding carboxylic acids is 1. The number of aryl methyl sites for hydroxylation is 1. The molecular weight excluding hydrogens is 505 g/mol. The number of aliphatic imine (C=N–C) groups is 1. The van der Waals surface area contributed by atoms with E-state index in [2.05, 4.69) is 57.0 Å². The van der Waals surface area contributed by atoms with Crippen molar-refractivity contribution in [2.75, 3.05) is 39.8 Å². The number of ether oxygens (including phenoxy) is 1. The summed E-state index contributed by atoms with van der Waals surface area (Å²) in [5.74, 6) is 1.42. The summed E-state index contributed by atoms with van der Waals surface area (Å²) in [6.07, 6.45) is 1.98. The second kappa shape index (κ2) is 13.8. The maximum absolute atomic E-state index is 11.7. The molecule has 0 saturated carbocycles. The van der Waals surface area contributed by atoms with E-state index in [1.54, 1.807) is 7.05 Å². The minimum Gasteiger partial charge on any atom is -0.444 e. The van der Waals surface area contributed by atoms with Gasteiger partial charge in [0.15, 0.2) is 5.96 Å². The third kappa shape index (κ3) is 11.6. The van der Waals surface area contributed by atoms with Crippen LogP contribution in [0.4, 0.5) is 4.79 Å². The molecule has 2 rings (SSSR count). The van der Waals surface area contributed by atoms with Crippen LogP contribution in [0.5, 0.6) is 0 Å². The third-order valence-electron chi connectivity index (χ3n) is 5.10. The molecule has 3 N–H and O–H groups in total. The number of halogens is 1. The highest BCUT2D eigenvalue weighted by molar-refractivity contribution is 14.0. The van der Waals surface area contributed by atoms with Crippen LogP contribution in [-0.2, 0) is 11.3 Å². The van der Waals surface area contributed by atoms with E-state index in [1.807, 2.05) is 20.8 Å². The molecule has 1 aromatic carbocycles. The summed E-state index contributed by atoms with van der Waals surface area (Å²) in [7, 11) is 1.76. The number of likely N-dealkylation sites (tertiary alicyclic amines) is 1. The predicted octanol–water partition coefficient (Wildman–Crippen LogP) is 3.51. The highest BCUT2D eigenvalue weighted by atomic mass is 127. The van der Waals surface area contributed by atoms with Crippen LogP contribution >= 0.6 is 24.0 Å². The number of guanidine groups is 1. The minimum atomic E-state index is -0.481. The van der Waals surface area contributed by atoms with Crippen LogP contribution in [0.3, 0.4) is 0 Å². The van der Waals surface area contributed by atoms with Crippen molar-refractivity contribution in [3.8, 4) is 0 Å². The number of nitrogens with one attached hydrogen (secondary N) is 3. The van der Waals surface area contributed by atoms with Crippen molar-refractivity contribution in [3.63, 3.8) is 0 Å². The van der Waals surface area contributed by atoms with E-state index in [0.29, 0.717) is 19.0 Å². The highest BCUT2D eigenvalue weighted by Gasteiger charge is 2.19. The van der Waals surface area contributed by atoms with Crippen molar-refractivity contribution in [1.82, 2.24) is 20.9 Å². The molecule has 1 heterocycles. The van der Waals surface area contributed by atoms with Crippen molar-refractivity contribution in [3.05, 3.63) is 35.4 Å². The zero-order chi connectivity index (χ0) is 22.0. The van der Waals surface area contributed by atoms with Gasteiger partial charge < -0.3 is 20.7 Å². The molecule has 1 aliphatic heterocycles. The first-order chi connectivity index (χ1) is 14.2. The van der Waals surface area contributed by atoms with Crippen LogP contribution < -0.4 is 16.0 Å². The fraction of sp³-hybridized carbons (Fsp3) is 0.652. The number of hydrogen-bond donors (Lipinski definition) is 3. The van der Waals surface area contributed by atoms with E-state index in [-0.39, 0.29) is 24.0 Å². The Morgan fingerprint density at radius 3 is 2.29 bits per heavy atom. The van der Waals surface area contributed by atoms with E-state index in [1.165, 1.54) is 24.0 Å². The van der Waals surface area contributed by atoms with Gasteiger partial charge in [-0.25, -0.2) is 4.79 Å². The first-order valence-corrected chi connectivity index (χ1v) is 10.9. The molecule has 0 bridgehead atoms. The molecule has 31 heavy (non-hydrogen) atoms. The molecule has 1 saturated heterocycles. The lowest BCUT2D eigenvalue weighted by Crippen LogP contribution is -2.45. The van der Waals surface area contributed by atoms with E-state index in [0.717, 1.165) is 32.1 Å². The standard InChI is InChI=1S/C23H39N5O2.HI/c1-18-6-8-20(9-7-18)17-28-14-10-19(11-15-28)16-27-21(24-5)25-12-13-26-22(29)30-23(2,3)4;/h6-9,19H,10-17H2,1-5H3,(H,26,29)(H2,24,25,27);1H. The second-order valence-corrected chi connectivity index (χ2v) is 9.01. The van der Waals surface area contributed by atoms with Crippen molar-refractivity contribution < 1.29 is 9.53 Å². The van der Waals surface area contributed by atoms with Crippen LogP contribution in [0.25, 0.3) is 0 Å². The lowest BCUT2D eigenvalue weighted by atomic mass is 9.96. The van der Waals surface area contributed by atoms with Gasteiger partial charge in [0.25, 0.3) is 0 Å². The molecule has 1 fully saturated rings. The zero-order valence-corrected chi connectivity index (χ0v) is 22.0. The lowest BCUT2D eigenvalue weighted by molar-refractivity contribution is 0.0529. The molecule has 0 unspecified atom stereocenters. The third-order valence-corrected chi connectivity index (χ3v) is 5.10. The van der Waals surface area contributed by atoms with Gasteiger partial charge >= 0.3 is 6.09 Å². The van der Waals surface area contributed by atoms with E-state index in [9.17, 15) is 4.79 Å². The monoisotopic (exact) mass is 545 g/mol. The first kappa shape index (κ1) is 27.5. The Bertz CT molecular complexity index is 680. The van der Waals surface area contributed by atoms with Crippen LogP contribution in [0.2, 0.25) is 0 Å². The minimum absolute atomic E-state index is 0. The van der Waals surface area contributed by atoms with Crippen LogP contribution in [0.15, 0.2) is 29.3 Å². The van der Waals surface area contributed by atoms with E-state index >= 15 is 0 Å². The fourth-order valence-corrected chi connectivity index (χ4v) is 3.42. The maximum Gasteiger partial charge on any atom is 0.407 e. The van der Waals surface area contributed by atoms with Gasteiger partial charge in [-0.1, -0.05) is 29.8 Å². The quantitative estimate of drug-likeness (QED) is 0.212. The number of hydrogen-bond acceptors (Lipinski definition) is 4. The summed E-state index contributed by atoms with van der Waals surface area (Å²) in [5.41, 5.74) is 2.22. The van der Waals surface area contributed by atoms with Crippen molar-refractivity contribution in [1.29, 1.82) is 0 Å². The number of piperidine rings is 1. The fourth-order valence-electron chi connectivity index (χ4n) is 3.42.